The molecule has 0 spiro atoms. The molecule has 0 saturated heterocycles. The van der Waals surface area contributed by atoms with E-state index in [-0.39, 0.29) is 4.83 Å². The van der Waals surface area contributed by atoms with Gasteiger partial charge in [0.25, 0.3) is 0 Å². The number of thiophene rings is 1. The Kier molecular flexibility index (Phi) is 3.48. The largest absolute Gasteiger partial charge is 0.493 e. The first-order valence-corrected chi connectivity index (χ1v) is 8.93. The number of aryl methyl sites for hydroxylation is 1. The average molecular weight is 359 g/mol. The van der Waals surface area contributed by atoms with E-state index in [4.69, 9.17) is 4.74 Å². The maximum absolute atomic E-state index is 5.70. The monoisotopic (exact) mass is 358 g/mol. The normalized spacial score (nSPS) is 15.5. The fourth-order valence-corrected chi connectivity index (χ4v) is 4.60. The van der Waals surface area contributed by atoms with Gasteiger partial charge in [0.05, 0.1) is 11.4 Å². The van der Waals surface area contributed by atoms with Gasteiger partial charge >= 0.3 is 0 Å². The summed E-state index contributed by atoms with van der Waals surface area (Å²) in [6.45, 7) is 0.848. The second-order valence-corrected chi connectivity index (χ2v) is 7.40. The van der Waals surface area contributed by atoms with Crippen LogP contribution in [-0.4, -0.2) is 6.61 Å². The third kappa shape index (κ3) is 2.49. The molecule has 2 aromatic carbocycles. The molecule has 1 aromatic heterocycles. The van der Waals surface area contributed by atoms with Gasteiger partial charge in [-0.25, -0.2) is 0 Å². The van der Waals surface area contributed by atoms with Crippen LogP contribution >= 0.6 is 27.3 Å². The van der Waals surface area contributed by atoms with Crippen LogP contribution in [0.2, 0.25) is 0 Å². The van der Waals surface area contributed by atoms with Gasteiger partial charge in [-0.2, -0.15) is 0 Å². The van der Waals surface area contributed by atoms with E-state index in [9.17, 15) is 0 Å². The van der Waals surface area contributed by atoms with E-state index in [2.05, 4.69) is 64.5 Å². The van der Waals surface area contributed by atoms with E-state index >= 15 is 0 Å². The van der Waals surface area contributed by atoms with Crippen molar-refractivity contribution in [2.75, 3.05) is 6.61 Å². The molecule has 3 aromatic rings. The van der Waals surface area contributed by atoms with Crippen LogP contribution in [0.15, 0.2) is 48.5 Å². The first-order chi connectivity index (χ1) is 10.3. The molecule has 1 aliphatic heterocycles. The Morgan fingerprint density at radius 1 is 1.10 bits per heavy atom. The van der Waals surface area contributed by atoms with Crippen LogP contribution in [0.3, 0.4) is 0 Å². The number of benzene rings is 2. The zero-order chi connectivity index (χ0) is 14.2. The van der Waals surface area contributed by atoms with Crippen LogP contribution in [0.25, 0.3) is 10.1 Å². The average Bonchev–Trinajstić information content (AvgIpc) is 2.97. The van der Waals surface area contributed by atoms with Gasteiger partial charge in [-0.05, 0) is 47.6 Å². The van der Waals surface area contributed by atoms with Gasteiger partial charge in [0.1, 0.15) is 5.75 Å². The van der Waals surface area contributed by atoms with Crippen molar-refractivity contribution in [3.05, 3.63) is 64.5 Å². The molecule has 0 fully saturated rings. The summed E-state index contributed by atoms with van der Waals surface area (Å²) in [6, 6.07) is 17.4. The Bertz CT molecular complexity index is 760. The van der Waals surface area contributed by atoms with Gasteiger partial charge in [0, 0.05) is 9.58 Å². The zero-order valence-electron chi connectivity index (χ0n) is 11.5. The molecule has 0 radical (unpaired) electrons. The van der Waals surface area contributed by atoms with E-state index in [1.807, 2.05) is 11.3 Å². The predicted octanol–water partition coefficient (Wildman–Crippen LogP) is 5.71. The van der Waals surface area contributed by atoms with Crippen molar-refractivity contribution in [3.8, 4) is 5.75 Å². The van der Waals surface area contributed by atoms with E-state index < -0.39 is 0 Å². The number of halogens is 1. The quantitative estimate of drug-likeness (QED) is 0.533. The summed E-state index contributed by atoms with van der Waals surface area (Å²) in [7, 11) is 0. The van der Waals surface area contributed by atoms with Gasteiger partial charge in [-0.1, -0.05) is 46.3 Å². The second kappa shape index (κ2) is 5.47. The van der Waals surface area contributed by atoms with Crippen LogP contribution < -0.4 is 4.74 Å². The van der Waals surface area contributed by atoms with Crippen molar-refractivity contribution in [2.45, 2.75) is 17.7 Å². The van der Waals surface area contributed by atoms with Crippen molar-refractivity contribution in [1.82, 2.24) is 0 Å². The Hall–Kier alpha value is -1.32. The molecular formula is C18H15BrOS. The molecule has 4 rings (SSSR count). The van der Waals surface area contributed by atoms with Gasteiger partial charge in [0.2, 0.25) is 0 Å². The van der Waals surface area contributed by atoms with Crippen LogP contribution in [0.1, 0.15) is 27.3 Å². The Balaban J connectivity index is 1.71. The molecule has 21 heavy (non-hydrogen) atoms. The van der Waals surface area contributed by atoms with Gasteiger partial charge < -0.3 is 4.74 Å². The molecule has 0 aliphatic carbocycles. The topological polar surface area (TPSA) is 9.23 Å². The predicted molar refractivity (Wildman–Crippen MR) is 92.9 cm³/mol. The number of rotatable bonds is 2. The number of alkyl halides is 1. The standard InChI is InChI=1S/C18H15BrOS/c19-18(17-11-13-4-1-2-6-16(13)21-17)14-7-8-15-12(10-14)5-3-9-20-15/h1-2,4,6-8,10-11,18H,3,5,9H2. The molecule has 0 amide bonds. The van der Waals surface area contributed by atoms with Crippen molar-refractivity contribution in [1.29, 1.82) is 0 Å². The SMILES string of the molecule is BrC(c1ccc2c(c1)CCCO2)c1cc2ccccc2s1. The highest BCUT2D eigenvalue weighted by Gasteiger charge is 2.17. The highest BCUT2D eigenvalue weighted by molar-refractivity contribution is 9.09. The first-order valence-electron chi connectivity index (χ1n) is 7.19. The van der Waals surface area contributed by atoms with E-state index in [1.54, 1.807) is 0 Å². The van der Waals surface area contributed by atoms with Crippen LogP contribution in [0, 0.1) is 0 Å². The minimum absolute atomic E-state index is 0.252. The number of hydrogen-bond donors (Lipinski definition) is 0. The lowest BCUT2D eigenvalue weighted by molar-refractivity contribution is 0.288. The summed E-state index contributed by atoms with van der Waals surface area (Å²) in [5.74, 6) is 1.06. The third-order valence-corrected chi connectivity index (χ3v) is 6.43. The minimum Gasteiger partial charge on any atom is -0.493 e. The van der Waals surface area contributed by atoms with Crippen LogP contribution in [0.4, 0.5) is 0 Å². The Morgan fingerprint density at radius 3 is 2.90 bits per heavy atom. The maximum atomic E-state index is 5.70. The molecule has 1 aliphatic rings. The molecule has 1 atom stereocenters. The molecule has 0 N–H and O–H groups in total. The van der Waals surface area contributed by atoms with Gasteiger partial charge in [-0.15, -0.1) is 11.3 Å². The summed E-state index contributed by atoms with van der Waals surface area (Å²) in [5.41, 5.74) is 2.65. The number of fused-ring (bicyclic) bond motifs is 2. The minimum atomic E-state index is 0.252. The van der Waals surface area contributed by atoms with Crippen LogP contribution in [0.5, 0.6) is 5.75 Å². The van der Waals surface area contributed by atoms with Gasteiger partial charge in [-0.3, -0.25) is 0 Å². The lowest BCUT2D eigenvalue weighted by Gasteiger charge is -2.19. The molecule has 0 saturated carbocycles. The summed E-state index contributed by atoms with van der Waals surface area (Å²) in [6.07, 6.45) is 2.24. The summed E-state index contributed by atoms with van der Waals surface area (Å²) >= 11 is 5.73. The molecule has 1 unspecified atom stereocenters. The van der Waals surface area contributed by atoms with Crippen molar-refractivity contribution < 1.29 is 4.74 Å². The lowest BCUT2D eigenvalue weighted by Crippen LogP contribution is -2.08. The Morgan fingerprint density at radius 2 is 2.00 bits per heavy atom. The zero-order valence-corrected chi connectivity index (χ0v) is 13.9. The maximum Gasteiger partial charge on any atom is 0.122 e. The van der Waals surface area contributed by atoms with Crippen molar-refractivity contribution in [2.24, 2.45) is 0 Å². The molecule has 2 heterocycles. The van der Waals surface area contributed by atoms with E-state index in [0.29, 0.717) is 0 Å². The van der Waals surface area contributed by atoms with Crippen LogP contribution in [-0.2, 0) is 6.42 Å². The van der Waals surface area contributed by atoms with Gasteiger partial charge in [0.15, 0.2) is 0 Å². The fraction of sp³-hybridized carbons (Fsp3) is 0.222. The van der Waals surface area contributed by atoms with Crippen molar-refractivity contribution in [3.63, 3.8) is 0 Å². The second-order valence-electron chi connectivity index (χ2n) is 5.37. The lowest BCUT2D eigenvalue weighted by atomic mass is 10.0. The molecule has 106 valence electrons. The molecule has 3 heteroatoms. The smallest absolute Gasteiger partial charge is 0.122 e. The third-order valence-electron chi connectivity index (χ3n) is 3.92. The number of hydrogen-bond acceptors (Lipinski definition) is 2. The van der Waals surface area contributed by atoms with Crippen molar-refractivity contribution >= 4 is 37.4 Å². The first kappa shape index (κ1) is 13.4. The van der Waals surface area contributed by atoms with E-state index in [0.717, 1.165) is 25.2 Å². The molecule has 1 nitrogen and oxygen atoms in total. The summed E-state index contributed by atoms with van der Waals surface area (Å²) in [4.78, 5) is 1.61. The Labute approximate surface area is 136 Å². The number of ether oxygens (including phenoxy) is 1. The highest BCUT2D eigenvalue weighted by atomic mass is 79.9. The fourth-order valence-electron chi connectivity index (χ4n) is 2.83. The van der Waals surface area contributed by atoms with E-state index in [1.165, 1.54) is 26.1 Å². The molecular weight excluding hydrogens is 344 g/mol. The summed E-state index contributed by atoms with van der Waals surface area (Å²) in [5, 5.41) is 1.32. The highest BCUT2D eigenvalue weighted by Crippen LogP contribution is 2.39. The molecule has 0 bridgehead atoms. The summed E-state index contributed by atoms with van der Waals surface area (Å²) < 4.78 is 7.04.